The van der Waals surface area contributed by atoms with E-state index in [-0.39, 0.29) is 6.54 Å². The summed E-state index contributed by atoms with van der Waals surface area (Å²) >= 11 is 0. The molecular weight excluding hydrogens is 173 g/mol. The number of aliphatic hydroxyl groups is 1. The van der Waals surface area contributed by atoms with Crippen LogP contribution in [0.3, 0.4) is 0 Å². The lowest BCUT2D eigenvalue weighted by atomic mass is 10.1. The Morgan fingerprint density at radius 2 is 2.00 bits per heavy atom. The van der Waals surface area contributed by atoms with Crippen LogP contribution in [0.2, 0.25) is 0 Å². The van der Waals surface area contributed by atoms with E-state index in [0.717, 1.165) is 0 Å². The van der Waals surface area contributed by atoms with Crippen molar-refractivity contribution in [3.63, 3.8) is 0 Å². The van der Waals surface area contributed by atoms with E-state index in [0.29, 0.717) is 6.54 Å². The van der Waals surface area contributed by atoms with E-state index in [4.69, 9.17) is 10.8 Å². The number of alkyl halides is 3. The maximum Gasteiger partial charge on any atom is 0.415 e. The molecule has 0 amide bonds. The molecule has 4 N–H and O–H groups in total. The number of aliphatic hydroxyl groups excluding tert-OH is 1. The molecule has 0 aromatic rings. The molecule has 0 fully saturated rings. The fourth-order valence-electron chi connectivity index (χ4n) is 0.665. The van der Waals surface area contributed by atoms with Crippen molar-refractivity contribution in [2.24, 2.45) is 5.73 Å². The van der Waals surface area contributed by atoms with E-state index < -0.39 is 18.3 Å². The molecule has 0 saturated carbocycles. The molecule has 12 heavy (non-hydrogen) atoms. The summed E-state index contributed by atoms with van der Waals surface area (Å²) in [6.45, 7) is 2.22. The molecule has 3 nitrogen and oxygen atoms in total. The molecule has 1 unspecified atom stereocenters. The normalized spacial score (nSPS) is 17.5. The Morgan fingerprint density at radius 3 is 2.33 bits per heavy atom. The zero-order chi connectivity index (χ0) is 9.78. The first-order valence-electron chi connectivity index (χ1n) is 3.60. The van der Waals surface area contributed by atoms with Crippen LogP contribution in [0.5, 0.6) is 0 Å². The quantitative estimate of drug-likeness (QED) is 0.572. The Morgan fingerprint density at radius 1 is 1.50 bits per heavy atom. The first-order valence-corrected chi connectivity index (χ1v) is 3.60. The number of halogens is 3. The van der Waals surface area contributed by atoms with Crippen LogP contribution in [-0.4, -0.2) is 36.5 Å². The van der Waals surface area contributed by atoms with Gasteiger partial charge in [-0.05, 0) is 6.54 Å². The van der Waals surface area contributed by atoms with Crippen molar-refractivity contribution in [2.45, 2.75) is 25.2 Å². The van der Waals surface area contributed by atoms with Gasteiger partial charge in [0.1, 0.15) is 0 Å². The average Bonchev–Trinajstić information content (AvgIpc) is 1.97. The Hall–Kier alpha value is -0.330. The van der Waals surface area contributed by atoms with Crippen molar-refractivity contribution in [3.05, 3.63) is 0 Å². The molecule has 0 heterocycles. The molecule has 0 radical (unpaired) electrons. The molecule has 0 rings (SSSR count). The molecular formula is C6H13F3N2O. The van der Waals surface area contributed by atoms with Gasteiger partial charge in [0.25, 0.3) is 0 Å². The third-order valence-corrected chi connectivity index (χ3v) is 1.37. The van der Waals surface area contributed by atoms with Gasteiger partial charge in [-0.15, -0.1) is 0 Å². The molecule has 0 aliphatic carbocycles. The topological polar surface area (TPSA) is 58.3 Å². The molecule has 6 heteroatoms. The van der Waals surface area contributed by atoms with Gasteiger partial charge in [0.15, 0.2) is 6.10 Å². The summed E-state index contributed by atoms with van der Waals surface area (Å²) in [4.78, 5) is 0. The Bertz CT molecular complexity index is 128. The number of nitrogens with two attached hydrogens (primary N) is 1. The van der Waals surface area contributed by atoms with Gasteiger partial charge >= 0.3 is 6.18 Å². The van der Waals surface area contributed by atoms with Crippen molar-refractivity contribution in [3.8, 4) is 0 Å². The fourth-order valence-corrected chi connectivity index (χ4v) is 0.665. The lowest BCUT2D eigenvalue weighted by Gasteiger charge is -2.21. The van der Waals surface area contributed by atoms with Gasteiger partial charge in [-0.2, -0.15) is 13.2 Å². The first kappa shape index (κ1) is 11.7. The number of nitrogens with one attached hydrogen (secondary N) is 1. The van der Waals surface area contributed by atoms with Crippen LogP contribution in [0.1, 0.15) is 6.92 Å². The van der Waals surface area contributed by atoms with Gasteiger partial charge in [-0.3, -0.25) is 0 Å². The second-order valence-corrected chi connectivity index (χ2v) is 2.46. The highest BCUT2D eigenvalue weighted by Gasteiger charge is 2.41. The largest absolute Gasteiger partial charge is 0.415 e. The van der Waals surface area contributed by atoms with Crippen LogP contribution in [0.15, 0.2) is 0 Å². The van der Waals surface area contributed by atoms with E-state index >= 15 is 0 Å². The van der Waals surface area contributed by atoms with Crippen LogP contribution < -0.4 is 11.1 Å². The maximum atomic E-state index is 11.8. The third-order valence-electron chi connectivity index (χ3n) is 1.37. The SMILES string of the molecule is CCNC[C@H](N)C(O)C(F)(F)F. The highest BCUT2D eigenvalue weighted by atomic mass is 19.4. The Kier molecular flexibility index (Phi) is 4.51. The molecule has 0 aliphatic heterocycles. The monoisotopic (exact) mass is 186 g/mol. The minimum Gasteiger partial charge on any atom is -0.382 e. The highest BCUT2D eigenvalue weighted by Crippen LogP contribution is 2.21. The van der Waals surface area contributed by atoms with Gasteiger partial charge in [-0.25, -0.2) is 0 Å². The summed E-state index contributed by atoms with van der Waals surface area (Å²) in [5.41, 5.74) is 5.06. The Balaban J connectivity index is 3.84. The van der Waals surface area contributed by atoms with Gasteiger partial charge in [0.05, 0.1) is 6.04 Å². The van der Waals surface area contributed by atoms with Crippen molar-refractivity contribution in [1.82, 2.24) is 5.32 Å². The van der Waals surface area contributed by atoms with Crippen molar-refractivity contribution in [1.29, 1.82) is 0 Å². The minimum atomic E-state index is -4.63. The van der Waals surface area contributed by atoms with Crippen molar-refractivity contribution < 1.29 is 18.3 Å². The number of hydrogen-bond acceptors (Lipinski definition) is 3. The summed E-state index contributed by atoms with van der Waals surface area (Å²) in [5.74, 6) is 0. The predicted molar refractivity (Wildman–Crippen MR) is 38.6 cm³/mol. The van der Waals surface area contributed by atoms with Gasteiger partial charge in [0, 0.05) is 6.54 Å². The van der Waals surface area contributed by atoms with Gasteiger partial charge in [-0.1, -0.05) is 6.92 Å². The minimum absolute atomic E-state index is 0.0445. The van der Waals surface area contributed by atoms with E-state index in [1.165, 1.54) is 0 Å². The predicted octanol–water partition coefficient (Wildman–Crippen LogP) is -0.154. The van der Waals surface area contributed by atoms with Crippen LogP contribution in [-0.2, 0) is 0 Å². The summed E-state index contributed by atoms with van der Waals surface area (Å²) in [6, 6.07) is -1.30. The highest BCUT2D eigenvalue weighted by molar-refractivity contribution is 4.79. The van der Waals surface area contributed by atoms with E-state index in [1.807, 2.05) is 0 Å². The van der Waals surface area contributed by atoms with Crippen molar-refractivity contribution in [2.75, 3.05) is 13.1 Å². The van der Waals surface area contributed by atoms with Crippen LogP contribution in [0.4, 0.5) is 13.2 Å². The lowest BCUT2D eigenvalue weighted by molar-refractivity contribution is -0.209. The standard InChI is InChI=1S/C6H13F3N2O/c1-2-11-3-4(10)5(12)6(7,8)9/h4-5,11-12H,2-3,10H2,1H3/t4-,5?/m0/s1. The number of rotatable bonds is 4. The molecule has 2 atom stereocenters. The maximum absolute atomic E-state index is 11.8. The van der Waals surface area contributed by atoms with Gasteiger partial charge < -0.3 is 16.2 Å². The molecule has 0 saturated heterocycles. The van der Waals surface area contributed by atoms with Gasteiger partial charge in [0.2, 0.25) is 0 Å². The van der Waals surface area contributed by atoms with E-state index in [2.05, 4.69) is 5.32 Å². The number of likely N-dealkylation sites (N-methyl/N-ethyl adjacent to an activating group) is 1. The zero-order valence-electron chi connectivity index (χ0n) is 6.73. The smallest absolute Gasteiger partial charge is 0.382 e. The van der Waals surface area contributed by atoms with Crippen LogP contribution >= 0.6 is 0 Å². The third kappa shape index (κ3) is 3.89. The molecule has 74 valence electrons. The number of hydrogen-bond donors (Lipinski definition) is 3. The molecule has 0 aliphatic rings. The summed E-state index contributed by atoms with van der Waals surface area (Å²) in [5, 5.41) is 11.2. The summed E-state index contributed by atoms with van der Waals surface area (Å²) in [6.07, 6.45) is -7.08. The molecule has 0 bridgehead atoms. The molecule has 0 aromatic carbocycles. The lowest BCUT2D eigenvalue weighted by Crippen LogP contribution is -2.50. The summed E-state index contributed by atoms with van der Waals surface area (Å²) < 4.78 is 35.3. The van der Waals surface area contributed by atoms with E-state index in [9.17, 15) is 13.2 Å². The van der Waals surface area contributed by atoms with Crippen LogP contribution in [0.25, 0.3) is 0 Å². The van der Waals surface area contributed by atoms with Crippen molar-refractivity contribution >= 4 is 0 Å². The fraction of sp³-hybridized carbons (Fsp3) is 1.00. The van der Waals surface area contributed by atoms with Crippen LogP contribution in [0, 0.1) is 0 Å². The second kappa shape index (κ2) is 4.64. The Labute approximate surface area is 68.7 Å². The average molecular weight is 186 g/mol. The summed E-state index contributed by atoms with van der Waals surface area (Å²) in [7, 11) is 0. The second-order valence-electron chi connectivity index (χ2n) is 2.46. The zero-order valence-corrected chi connectivity index (χ0v) is 6.73. The first-order chi connectivity index (χ1) is 5.39. The van der Waals surface area contributed by atoms with E-state index in [1.54, 1.807) is 6.92 Å². The molecule has 0 spiro atoms. The molecule has 0 aromatic heterocycles.